The molecular formula is C15H27N5. The van der Waals surface area contributed by atoms with E-state index in [0.717, 1.165) is 44.5 Å². The van der Waals surface area contributed by atoms with E-state index in [0.29, 0.717) is 11.5 Å². The topological polar surface area (TPSA) is 46.0 Å². The standard InChI is InChI=1S/C15H27N5/c1-12(2)8-20-14(17-11-18-20)9-19-7-6-16-10-15(19,3)13-4-5-13/h11-13,16H,4-10H2,1-3H3. The van der Waals surface area contributed by atoms with Gasteiger partial charge in [-0.2, -0.15) is 5.10 Å². The molecule has 1 aliphatic heterocycles. The number of piperazine rings is 1. The van der Waals surface area contributed by atoms with Gasteiger partial charge in [-0.05, 0) is 31.6 Å². The molecule has 1 atom stereocenters. The minimum absolute atomic E-state index is 0.298. The zero-order valence-electron chi connectivity index (χ0n) is 13.0. The first-order valence-electron chi connectivity index (χ1n) is 7.92. The third kappa shape index (κ3) is 2.74. The Bertz CT molecular complexity index is 451. The van der Waals surface area contributed by atoms with Crippen molar-refractivity contribution in [3.8, 4) is 0 Å². The number of hydrogen-bond donors (Lipinski definition) is 1. The predicted octanol–water partition coefficient (Wildman–Crippen LogP) is 1.51. The molecule has 1 saturated heterocycles. The SMILES string of the molecule is CC(C)Cn1ncnc1CN1CCNCC1(C)C1CC1. The maximum atomic E-state index is 4.50. The van der Waals surface area contributed by atoms with Crippen molar-refractivity contribution in [1.82, 2.24) is 25.0 Å². The van der Waals surface area contributed by atoms with Gasteiger partial charge in [-0.25, -0.2) is 9.67 Å². The average molecular weight is 277 g/mol. The Balaban J connectivity index is 1.74. The van der Waals surface area contributed by atoms with Crippen LogP contribution in [0.15, 0.2) is 6.33 Å². The highest BCUT2D eigenvalue weighted by molar-refractivity contribution is 5.04. The lowest BCUT2D eigenvalue weighted by Gasteiger charge is -2.45. The Morgan fingerprint density at radius 3 is 2.95 bits per heavy atom. The van der Waals surface area contributed by atoms with Crippen LogP contribution in [0.1, 0.15) is 39.4 Å². The summed E-state index contributed by atoms with van der Waals surface area (Å²) in [5.74, 6) is 2.58. The van der Waals surface area contributed by atoms with E-state index in [-0.39, 0.29) is 0 Å². The van der Waals surface area contributed by atoms with Gasteiger partial charge in [-0.3, -0.25) is 4.90 Å². The molecule has 0 aromatic carbocycles. The van der Waals surface area contributed by atoms with Gasteiger partial charge in [0.05, 0.1) is 6.54 Å². The maximum Gasteiger partial charge on any atom is 0.141 e. The van der Waals surface area contributed by atoms with Crippen LogP contribution in [-0.2, 0) is 13.1 Å². The average Bonchev–Trinajstić information content (AvgIpc) is 3.17. The first-order valence-corrected chi connectivity index (χ1v) is 7.92. The van der Waals surface area contributed by atoms with Crippen molar-refractivity contribution in [2.24, 2.45) is 11.8 Å². The lowest BCUT2D eigenvalue weighted by molar-refractivity contribution is 0.0446. The molecule has 0 amide bonds. The summed E-state index contributed by atoms with van der Waals surface area (Å²) in [5.41, 5.74) is 0.298. The summed E-state index contributed by atoms with van der Waals surface area (Å²) in [6.45, 7) is 12.1. The Morgan fingerprint density at radius 1 is 1.45 bits per heavy atom. The van der Waals surface area contributed by atoms with E-state index in [2.05, 4.69) is 45.8 Å². The Kier molecular flexibility index (Phi) is 3.82. The van der Waals surface area contributed by atoms with Crippen LogP contribution in [0, 0.1) is 11.8 Å². The van der Waals surface area contributed by atoms with Crippen molar-refractivity contribution in [1.29, 1.82) is 0 Å². The molecule has 3 rings (SSSR count). The van der Waals surface area contributed by atoms with Crippen LogP contribution < -0.4 is 5.32 Å². The molecule has 1 unspecified atom stereocenters. The second-order valence-corrected chi connectivity index (χ2v) is 6.98. The number of hydrogen-bond acceptors (Lipinski definition) is 4. The van der Waals surface area contributed by atoms with Crippen LogP contribution in [-0.4, -0.2) is 44.8 Å². The van der Waals surface area contributed by atoms with Gasteiger partial charge in [0.15, 0.2) is 0 Å². The van der Waals surface area contributed by atoms with Crippen LogP contribution in [0.2, 0.25) is 0 Å². The summed E-state index contributed by atoms with van der Waals surface area (Å²) in [6.07, 6.45) is 4.47. The van der Waals surface area contributed by atoms with Gasteiger partial charge in [0.1, 0.15) is 12.2 Å². The Labute approximate surface area is 121 Å². The molecule has 0 radical (unpaired) electrons. The lowest BCUT2D eigenvalue weighted by atomic mass is 9.91. The van der Waals surface area contributed by atoms with E-state index in [1.165, 1.54) is 12.8 Å². The van der Waals surface area contributed by atoms with Gasteiger partial charge in [0.2, 0.25) is 0 Å². The Morgan fingerprint density at radius 2 is 2.25 bits per heavy atom. The van der Waals surface area contributed by atoms with Gasteiger partial charge < -0.3 is 5.32 Å². The second-order valence-electron chi connectivity index (χ2n) is 6.98. The normalized spacial score (nSPS) is 28.2. The minimum Gasteiger partial charge on any atom is -0.314 e. The van der Waals surface area contributed by atoms with E-state index in [9.17, 15) is 0 Å². The van der Waals surface area contributed by atoms with Crippen molar-refractivity contribution in [3.63, 3.8) is 0 Å². The minimum atomic E-state index is 0.298. The van der Waals surface area contributed by atoms with Gasteiger partial charge in [-0.15, -0.1) is 0 Å². The third-order valence-electron chi connectivity index (χ3n) is 4.79. The van der Waals surface area contributed by atoms with E-state index in [1.54, 1.807) is 6.33 Å². The smallest absolute Gasteiger partial charge is 0.141 e. The molecule has 1 N–H and O–H groups in total. The quantitative estimate of drug-likeness (QED) is 0.886. The highest BCUT2D eigenvalue weighted by Crippen LogP contribution is 2.43. The van der Waals surface area contributed by atoms with Gasteiger partial charge in [0, 0.05) is 31.7 Å². The highest BCUT2D eigenvalue weighted by Gasteiger charge is 2.46. The van der Waals surface area contributed by atoms with Crippen molar-refractivity contribution >= 4 is 0 Å². The molecular weight excluding hydrogens is 250 g/mol. The largest absolute Gasteiger partial charge is 0.314 e. The molecule has 1 aromatic heterocycles. The molecule has 2 heterocycles. The molecule has 112 valence electrons. The zero-order chi connectivity index (χ0) is 14.2. The number of nitrogens with one attached hydrogen (secondary N) is 1. The molecule has 0 spiro atoms. The van der Waals surface area contributed by atoms with Gasteiger partial charge in [0.25, 0.3) is 0 Å². The second kappa shape index (κ2) is 5.45. The van der Waals surface area contributed by atoms with Crippen LogP contribution in [0.4, 0.5) is 0 Å². The fraction of sp³-hybridized carbons (Fsp3) is 0.867. The van der Waals surface area contributed by atoms with E-state index >= 15 is 0 Å². The number of nitrogens with zero attached hydrogens (tertiary/aromatic N) is 4. The van der Waals surface area contributed by atoms with Crippen molar-refractivity contribution in [2.45, 2.75) is 52.2 Å². The maximum absolute atomic E-state index is 4.50. The monoisotopic (exact) mass is 277 g/mol. The zero-order valence-corrected chi connectivity index (χ0v) is 13.0. The first kappa shape index (κ1) is 14.0. The summed E-state index contributed by atoms with van der Waals surface area (Å²) >= 11 is 0. The summed E-state index contributed by atoms with van der Waals surface area (Å²) < 4.78 is 2.08. The highest BCUT2D eigenvalue weighted by atomic mass is 15.4. The van der Waals surface area contributed by atoms with E-state index in [4.69, 9.17) is 0 Å². The van der Waals surface area contributed by atoms with E-state index in [1.807, 2.05) is 0 Å². The fourth-order valence-corrected chi connectivity index (χ4v) is 3.37. The summed E-state index contributed by atoms with van der Waals surface area (Å²) in [6, 6.07) is 0. The van der Waals surface area contributed by atoms with Gasteiger partial charge >= 0.3 is 0 Å². The van der Waals surface area contributed by atoms with Crippen molar-refractivity contribution < 1.29 is 0 Å². The predicted molar refractivity (Wildman–Crippen MR) is 79.3 cm³/mol. The molecule has 20 heavy (non-hydrogen) atoms. The molecule has 1 aliphatic carbocycles. The molecule has 5 nitrogen and oxygen atoms in total. The molecule has 0 bridgehead atoms. The Hall–Kier alpha value is -0.940. The molecule has 1 saturated carbocycles. The van der Waals surface area contributed by atoms with Crippen molar-refractivity contribution in [2.75, 3.05) is 19.6 Å². The van der Waals surface area contributed by atoms with Crippen molar-refractivity contribution in [3.05, 3.63) is 12.2 Å². The third-order valence-corrected chi connectivity index (χ3v) is 4.79. The summed E-state index contributed by atoms with van der Waals surface area (Å²) in [7, 11) is 0. The first-order chi connectivity index (χ1) is 9.59. The van der Waals surface area contributed by atoms with Crippen LogP contribution >= 0.6 is 0 Å². The molecule has 2 aliphatic rings. The molecule has 1 aromatic rings. The molecule has 5 heteroatoms. The molecule has 2 fully saturated rings. The summed E-state index contributed by atoms with van der Waals surface area (Å²) in [4.78, 5) is 7.13. The number of aromatic nitrogens is 3. The van der Waals surface area contributed by atoms with Crippen LogP contribution in [0.3, 0.4) is 0 Å². The number of rotatable bonds is 5. The van der Waals surface area contributed by atoms with Crippen LogP contribution in [0.25, 0.3) is 0 Å². The van der Waals surface area contributed by atoms with Crippen LogP contribution in [0.5, 0.6) is 0 Å². The fourth-order valence-electron chi connectivity index (χ4n) is 3.37. The lowest BCUT2D eigenvalue weighted by Crippen LogP contribution is -2.60. The summed E-state index contributed by atoms with van der Waals surface area (Å²) in [5, 5.41) is 7.96. The van der Waals surface area contributed by atoms with Gasteiger partial charge in [-0.1, -0.05) is 13.8 Å². The van der Waals surface area contributed by atoms with E-state index < -0.39 is 0 Å².